The van der Waals surface area contributed by atoms with E-state index in [2.05, 4.69) is 16.4 Å². The van der Waals surface area contributed by atoms with Gasteiger partial charge in [0.2, 0.25) is 5.91 Å². The predicted octanol–water partition coefficient (Wildman–Crippen LogP) is 4.87. The zero-order valence-corrected chi connectivity index (χ0v) is 29.4. The molecule has 1 fully saturated rings. The first-order valence-electron chi connectivity index (χ1n) is 17.0. The Labute approximate surface area is 287 Å². The lowest BCUT2D eigenvalue weighted by Gasteiger charge is -2.32. The van der Waals surface area contributed by atoms with Gasteiger partial charge in [-0.05, 0) is 73.5 Å². The molecule has 2 amide bonds. The number of aryl methyl sites for hydroxylation is 2. The molecule has 3 aliphatic heterocycles. The van der Waals surface area contributed by atoms with Crippen LogP contribution in [0.2, 0.25) is 18.6 Å². The molecular formula is C37H43N5O6Si. The summed E-state index contributed by atoms with van der Waals surface area (Å²) in [5, 5.41) is 17.6. The van der Waals surface area contributed by atoms with Gasteiger partial charge in [0.25, 0.3) is 5.91 Å². The quantitative estimate of drug-likeness (QED) is 0.227. The zero-order valence-electron chi connectivity index (χ0n) is 28.4. The number of ether oxygens (including phenoxy) is 2. The first-order valence-corrected chi connectivity index (χ1v) is 20.0. The summed E-state index contributed by atoms with van der Waals surface area (Å²) in [6.07, 6.45) is 3.56. The fourth-order valence-corrected chi connectivity index (χ4v) is 10.8. The molecule has 4 heterocycles. The van der Waals surface area contributed by atoms with Crippen molar-refractivity contribution in [3.05, 3.63) is 95.3 Å². The minimum atomic E-state index is -2.85. The third kappa shape index (κ3) is 5.76. The molecule has 3 aliphatic rings. The normalized spacial score (nSPS) is 23.3. The second-order valence-corrected chi connectivity index (χ2v) is 17.9. The van der Waals surface area contributed by atoms with Crippen molar-refractivity contribution in [1.29, 1.82) is 0 Å². The molecule has 7 rings (SSSR count). The van der Waals surface area contributed by atoms with Gasteiger partial charge in [0.1, 0.15) is 5.75 Å². The highest BCUT2D eigenvalue weighted by Gasteiger charge is 2.66. The van der Waals surface area contributed by atoms with Gasteiger partial charge in [-0.1, -0.05) is 42.5 Å². The first kappa shape index (κ1) is 33.1. The number of benzene rings is 3. The zero-order chi connectivity index (χ0) is 34.5. The largest absolute Gasteiger partial charge is 0.497 e. The van der Waals surface area contributed by atoms with Crippen molar-refractivity contribution in [2.75, 3.05) is 23.5 Å². The third-order valence-electron chi connectivity index (χ3n) is 10.4. The summed E-state index contributed by atoms with van der Waals surface area (Å²) in [5.74, 6) is 0.205. The summed E-state index contributed by atoms with van der Waals surface area (Å²) in [4.78, 5) is 43.1. The average molecular weight is 682 g/mol. The Balaban J connectivity index is 1.19. The number of rotatable bonds is 10. The fraction of sp³-hybridized carbons (Fsp3) is 0.405. The Morgan fingerprint density at radius 2 is 1.82 bits per heavy atom. The Morgan fingerprint density at radius 3 is 2.55 bits per heavy atom. The summed E-state index contributed by atoms with van der Waals surface area (Å²) in [5.41, 5.74) is 4.42. The summed E-state index contributed by atoms with van der Waals surface area (Å²) >= 11 is 0. The summed E-state index contributed by atoms with van der Waals surface area (Å²) in [7, 11) is -1.25. The molecule has 0 aliphatic carbocycles. The Morgan fingerprint density at radius 1 is 1.04 bits per heavy atom. The molecule has 11 nitrogen and oxygen atoms in total. The maximum atomic E-state index is 14.9. The predicted molar refractivity (Wildman–Crippen MR) is 187 cm³/mol. The third-order valence-corrected chi connectivity index (χ3v) is 12.9. The summed E-state index contributed by atoms with van der Waals surface area (Å²) in [6, 6.07) is 21.5. The van der Waals surface area contributed by atoms with E-state index >= 15 is 0 Å². The monoisotopic (exact) mass is 681 g/mol. The number of aromatic nitrogens is 3. The van der Waals surface area contributed by atoms with E-state index in [-0.39, 0.29) is 29.9 Å². The standard InChI is InChI=1S/C37H43N5O6Si/c1-24-35(49(3,4)46)33(17-19-40-23-27(18-20-43)38-39-40)48-37(24)30-21-29(47-2)14-15-32(30)41(36(37)45)22-25-9-12-28(13-10-25)42-31-8-6-5-7-26(31)11-16-34(42)44/h5-10,12-15,21,23-24,33,35,43,46H,11,16-20,22H2,1-4H3/t24-,33+,35-,37+/m1/s1. The van der Waals surface area contributed by atoms with Crippen LogP contribution in [0.3, 0.4) is 0 Å². The maximum absolute atomic E-state index is 14.9. The second kappa shape index (κ2) is 12.8. The number of carbonyl (C=O) groups excluding carboxylic acids is 2. The highest BCUT2D eigenvalue weighted by molar-refractivity contribution is 6.71. The molecule has 0 saturated carbocycles. The molecule has 2 N–H and O–H groups in total. The van der Waals surface area contributed by atoms with E-state index in [1.165, 1.54) is 0 Å². The van der Waals surface area contributed by atoms with Gasteiger partial charge in [-0.15, -0.1) is 5.10 Å². The van der Waals surface area contributed by atoms with Crippen LogP contribution in [-0.4, -0.2) is 64.8 Å². The van der Waals surface area contributed by atoms with Crippen molar-refractivity contribution >= 4 is 37.2 Å². The van der Waals surface area contributed by atoms with Gasteiger partial charge in [0.05, 0.1) is 36.8 Å². The lowest BCUT2D eigenvalue weighted by atomic mass is 9.82. The number of anilines is 3. The number of amides is 2. The SMILES string of the molecule is COc1ccc2c(c1)[C@]1(O[C@@H](CCn3cc(CCO)nn3)[C@H]([Si](C)(C)O)[C@H]1C)C(=O)N2Cc1ccc(N2C(=O)CCc3ccccc32)cc1. The molecule has 4 atom stereocenters. The van der Waals surface area contributed by atoms with Crippen LogP contribution < -0.4 is 14.5 Å². The molecule has 0 bridgehead atoms. The van der Waals surface area contributed by atoms with Crippen molar-refractivity contribution in [3.8, 4) is 5.75 Å². The first-order chi connectivity index (χ1) is 23.5. The molecule has 1 aromatic heterocycles. The van der Waals surface area contributed by atoms with Crippen LogP contribution in [-0.2, 0) is 45.9 Å². The van der Waals surface area contributed by atoms with Crippen LogP contribution in [0, 0.1) is 5.92 Å². The number of para-hydroxylation sites is 1. The maximum Gasteiger partial charge on any atom is 0.264 e. The van der Waals surface area contributed by atoms with Crippen LogP contribution in [0.5, 0.6) is 5.75 Å². The van der Waals surface area contributed by atoms with E-state index in [4.69, 9.17) is 9.47 Å². The van der Waals surface area contributed by atoms with Gasteiger partial charge >= 0.3 is 0 Å². The van der Waals surface area contributed by atoms with Gasteiger partial charge in [0, 0.05) is 54.9 Å². The molecule has 1 spiro atoms. The highest BCUT2D eigenvalue weighted by Crippen LogP contribution is 2.60. The lowest BCUT2D eigenvalue weighted by Crippen LogP contribution is -2.46. The van der Waals surface area contributed by atoms with Crippen molar-refractivity contribution in [2.24, 2.45) is 5.92 Å². The van der Waals surface area contributed by atoms with Crippen LogP contribution in [0.25, 0.3) is 0 Å². The summed E-state index contributed by atoms with van der Waals surface area (Å²) < 4.78 is 14.3. The highest BCUT2D eigenvalue weighted by atomic mass is 28.4. The number of fused-ring (bicyclic) bond motifs is 3. The van der Waals surface area contributed by atoms with Gasteiger partial charge in [-0.25, -0.2) is 0 Å². The minimum absolute atomic E-state index is 0.00485. The van der Waals surface area contributed by atoms with Crippen molar-refractivity contribution in [2.45, 2.75) is 76.0 Å². The molecular weight excluding hydrogens is 639 g/mol. The molecule has 4 aromatic rings. The number of nitrogens with zero attached hydrogens (tertiary/aromatic N) is 5. The molecule has 0 unspecified atom stereocenters. The second-order valence-electron chi connectivity index (χ2n) is 13.9. The van der Waals surface area contributed by atoms with E-state index in [1.807, 2.05) is 86.9 Å². The van der Waals surface area contributed by atoms with E-state index in [0.717, 1.165) is 40.2 Å². The Kier molecular flexibility index (Phi) is 8.68. The van der Waals surface area contributed by atoms with Crippen LogP contribution in [0.1, 0.15) is 42.1 Å². The van der Waals surface area contributed by atoms with E-state index in [0.29, 0.717) is 43.8 Å². The van der Waals surface area contributed by atoms with E-state index in [1.54, 1.807) is 21.6 Å². The van der Waals surface area contributed by atoms with Gasteiger partial charge in [0.15, 0.2) is 13.9 Å². The number of hydrogen-bond donors (Lipinski definition) is 2. The summed E-state index contributed by atoms with van der Waals surface area (Å²) in [6.45, 7) is 6.64. The molecule has 0 radical (unpaired) electrons. The van der Waals surface area contributed by atoms with Gasteiger partial charge in [-0.3, -0.25) is 19.2 Å². The fourth-order valence-electron chi connectivity index (χ4n) is 8.19. The minimum Gasteiger partial charge on any atom is -0.497 e. The Bertz CT molecular complexity index is 1870. The van der Waals surface area contributed by atoms with Crippen molar-refractivity contribution in [1.82, 2.24) is 15.0 Å². The average Bonchev–Trinajstić information content (AvgIpc) is 3.73. The number of hydrogen-bond acceptors (Lipinski definition) is 8. The number of carbonyl (C=O) groups is 2. The van der Waals surface area contributed by atoms with Gasteiger partial charge in [-0.2, -0.15) is 0 Å². The number of aliphatic hydroxyl groups excluding tert-OH is 1. The number of aliphatic hydroxyl groups is 1. The van der Waals surface area contributed by atoms with Crippen molar-refractivity contribution < 1.29 is 29.0 Å². The Hall–Kier alpha value is -4.36. The van der Waals surface area contributed by atoms with Crippen LogP contribution in [0.4, 0.5) is 17.1 Å². The lowest BCUT2D eigenvalue weighted by molar-refractivity contribution is -0.146. The molecule has 3 aromatic carbocycles. The molecule has 49 heavy (non-hydrogen) atoms. The number of methoxy groups -OCH3 is 1. The molecule has 1 saturated heterocycles. The van der Waals surface area contributed by atoms with Crippen LogP contribution in [0.15, 0.2) is 72.9 Å². The van der Waals surface area contributed by atoms with Crippen LogP contribution >= 0.6 is 0 Å². The van der Waals surface area contributed by atoms with E-state index < -0.39 is 20.0 Å². The molecule has 12 heteroatoms. The van der Waals surface area contributed by atoms with Crippen molar-refractivity contribution in [3.63, 3.8) is 0 Å². The van der Waals surface area contributed by atoms with E-state index in [9.17, 15) is 19.5 Å². The molecule has 256 valence electrons. The van der Waals surface area contributed by atoms with Gasteiger partial charge < -0.3 is 24.3 Å². The topological polar surface area (TPSA) is 130 Å². The smallest absolute Gasteiger partial charge is 0.264 e.